The van der Waals surface area contributed by atoms with Gasteiger partial charge in [0.2, 0.25) is 5.91 Å². The Morgan fingerprint density at radius 1 is 1.39 bits per heavy atom. The monoisotopic (exact) mass is 248 g/mol. The van der Waals surface area contributed by atoms with Crippen LogP contribution in [0.2, 0.25) is 0 Å². The van der Waals surface area contributed by atoms with Crippen molar-refractivity contribution in [2.75, 3.05) is 13.2 Å². The Labute approximate surface area is 108 Å². The SMILES string of the molecule is CCOc1ccc(CNC2CCC(=O)NC2)cc1. The molecule has 1 aliphatic rings. The fourth-order valence-electron chi connectivity index (χ4n) is 2.04. The molecule has 0 saturated carbocycles. The van der Waals surface area contributed by atoms with E-state index in [2.05, 4.69) is 22.8 Å². The number of amides is 1. The van der Waals surface area contributed by atoms with Crippen molar-refractivity contribution in [1.82, 2.24) is 10.6 Å². The van der Waals surface area contributed by atoms with E-state index >= 15 is 0 Å². The van der Waals surface area contributed by atoms with Crippen molar-refractivity contribution in [3.63, 3.8) is 0 Å². The highest BCUT2D eigenvalue weighted by molar-refractivity contribution is 5.76. The molecule has 18 heavy (non-hydrogen) atoms. The van der Waals surface area contributed by atoms with Gasteiger partial charge in [-0.2, -0.15) is 0 Å². The fourth-order valence-corrected chi connectivity index (χ4v) is 2.04. The van der Waals surface area contributed by atoms with Crippen LogP contribution in [0.1, 0.15) is 25.3 Å². The molecular weight excluding hydrogens is 228 g/mol. The molecule has 1 unspecified atom stereocenters. The minimum Gasteiger partial charge on any atom is -0.494 e. The van der Waals surface area contributed by atoms with Gasteiger partial charge in [0, 0.05) is 25.6 Å². The van der Waals surface area contributed by atoms with Crippen molar-refractivity contribution in [1.29, 1.82) is 0 Å². The molecule has 2 rings (SSSR count). The van der Waals surface area contributed by atoms with Gasteiger partial charge < -0.3 is 15.4 Å². The predicted molar refractivity (Wildman–Crippen MR) is 70.5 cm³/mol. The van der Waals surface area contributed by atoms with Crippen molar-refractivity contribution < 1.29 is 9.53 Å². The number of piperidine rings is 1. The number of carbonyl (C=O) groups excluding carboxylic acids is 1. The van der Waals surface area contributed by atoms with Gasteiger partial charge in [-0.1, -0.05) is 12.1 Å². The number of benzene rings is 1. The van der Waals surface area contributed by atoms with Crippen LogP contribution in [0, 0.1) is 0 Å². The maximum Gasteiger partial charge on any atom is 0.220 e. The Morgan fingerprint density at radius 2 is 2.17 bits per heavy atom. The molecule has 1 aromatic carbocycles. The minimum atomic E-state index is 0.161. The molecule has 1 fully saturated rings. The third-order valence-corrected chi connectivity index (χ3v) is 3.09. The van der Waals surface area contributed by atoms with Gasteiger partial charge in [-0.25, -0.2) is 0 Å². The standard InChI is InChI=1S/C14H20N2O2/c1-2-18-13-6-3-11(4-7-13)9-15-12-5-8-14(17)16-10-12/h3-4,6-7,12,15H,2,5,8-10H2,1H3,(H,16,17). The van der Waals surface area contributed by atoms with Crippen LogP contribution in [-0.4, -0.2) is 25.1 Å². The molecule has 98 valence electrons. The summed E-state index contributed by atoms with van der Waals surface area (Å²) in [6.45, 7) is 4.23. The van der Waals surface area contributed by atoms with Gasteiger partial charge in [0.1, 0.15) is 5.75 Å². The second-order valence-electron chi connectivity index (χ2n) is 4.50. The molecule has 0 aliphatic carbocycles. The van der Waals surface area contributed by atoms with Crippen molar-refractivity contribution in [2.24, 2.45) is 0 Å². The highest BCUT2D eigenvalue weighted by Gasteiger charge is 2.16. The summed E-state index contributed by atoms with van der Waals surface area (Å²) in [4.78, 5) is 11.0. The van der Waals surface area contributed by atoms with E-state index in [0.29, 0.717) is 19.1 Å². The lowest BCUT2D eigenvalue weighted by molar-refractivity contribution is -0.122. The molecule has 4 nitrogen and oxygen atoms in total. The van der Waals surface area contributed by atoms with E-state index in [0.717, 1.165) is 25.3 Å². The fraction of sp³-hybridized carbons (Fsp3) is 0.500. The summed E-state index contributed by atoms with van der Waals surface area (Å²) in [5, 5.41) is 6.33. The van der Waals surface area contributed by atoms with E-state index < -0.39 is 0 Å². The molecule has 1 heterocycles. The van der Waals surface area contributed by atoms with Crippen LogP contribution < -0.4 is 15.4 Å². The minimum absolute atomic E-state index is 0.161. The van der Waals surface area contributed by atoms with Crippen molar-refractivity contribution in [2.45, 2.75) is 32.4 Å². The van der Waals surface area contributed by atoms with Gasteiger partial charge in [0.25, 0.3) is 0 Å². The summed E-state index contributed by atoms with van der Waals surface area (Å²) >= 11 is 0. The molecule has 1 aliphatic heterocycles. The normalized spacial score (nSPS) is 19.4. The molecular formula is C14H20N2O2. The summed E-state index contributed by atoms with van der Waals surface area (Å²) in [6.07, 6.45) is 1.55. The topological polar surface area (TPSA) is 50.4 Å². The van der Waals surface area contributed by atoms with Gasteiger partial charge in [-0.05, 0) is 31.0 Å². The van der Waals surface area contributed by atoms with Crippen molar-refractivity contribution in [3.05, 3.63) is 29.8 Å². The van der Waals surface area contributed by atoms with Crippen molar-refractivity contribution in [3.8, 4) is 5.75 Å². The molecule has 1 atom stereocenters. The van der Waals surface area contributed by atoms with Crippen LogP contribution in [0.4, 0.5) is 0 Å². The van der Waals surface area contributed by atoms with Gasteiger partial charge in [-0.3, -0.25) is 4.79 Å². The smallest absolute Gasteiger partial charge is 0.220 e. The number of hydrogen-bond acceptors (Lipinski definition) is 3. The summed E-state index contributed by atoms with van der Waals surface area (Å²) < 4.78 is 5.40. The van der Waals surface area contributed by atoms with Gasteiger partial charge in [-0.15, -0.1) is 0 Å². The predicted octanol–water partition coefficient (Wildman–Crippen LogP) is 1.45. The van der Waals surface area contributed by atoms with Crippen LogP contribution >= 0.6 is 0 Å². The second-order valence-corrected chi connectivity index (χ2v) is 4.50. The van der Waals surface area contributed by atoms with Gasteiger partial charge in [0.15, 0.2) is 0 Å². The molecule has 1 amide bonds. The zero-order valence-corrected chi connectivity index (χ0v) is 10.7. The molecule has 0 aromatic heterocycles. The Morgan fingerprint density at radius 3 is 2.78 bits per heavy atom. The average Bonchev–Trinajstić information content (AvgIpc) is 2.40. The highest BCUT2D eigenvalue weighted by Crippen LogP contribution is 2.12. The third kappa shape index (κ3) is 3.74. The van der Waals surface area contributed by atoms with Crippen LogP contribution in [0.25, 0.3) is 0 Å². The quantitative estimate of drug-likeness (QED) is 0.829. The maximum atomic E-state index is 11.0. The molecule has 1 aromatic rings. The lowest BCUT2D eigenvalue weighted by atomic mass is 10.1. The molecule has 4 heteroatoms. The average molecular weight is 248 g/mol. The Hall–Kier alpha value is -1.55. The first-order chi connectivity index (χ1) is 8.78. The molecule has 0 spiro atoms. The number of rotatable bonds is 5. The third-order valence-electron chi connectivity index (χ3n) is 3.09. The zero-order chi connectivity index (χ0) is 12.8. The molecule has 0 bridgehead atoms. The van der Waals surface area contributed by atoms with Gasteiger partial charge >= 0.3 is 0 Å². The molecule has 2 N–H and O–H groups in total. The summed E-state index contributed by atoms with van der Waals surface area (Å²) in [5.74, 6) is 1.07. The van der Waals surface area contributed by atoms with E-state index in [1.54, 1.807) is 0 Å². The summed E-state index contributed by atoms with van der Waals surface area (Å²) in [5.41, 5.74) is 1.23. The molecule has 1 saturated heterocycles. The largest absolute Gasteiger partial charge is 0.494 e. The van der Waals surface area contributed by atoms with Crippen LogP contribution in [0.5, 0.6) is 5.75 Å². The van der Waals surface area contributed by atoms with E-state index in [9.17, 15) is 4.79 Å². The lowest BCUT2D eigenvalue weighted by Crippen LogP contribution is -2.45. The van der Waals surface area contributed by atoms with Crippen molar-refractivity contribution >= 4 is 5.91 Å². The first-order valence-electron chi connectivity index (χ1n) is 6.49. The number of carbonyl (C=O) groups is 1. The van der Waals surface area contributed by atoms with E-state index in [4.69, 9.17) is 4.74 Å². The summed E-state index contributed by atoms with van der Waals surface area (Å²) in [7, 11) is 0. The number of hydrogen-bond donors (Lipinski definition) is 2. The van der Waals surface area contributed by atoms with E-state index in [-0.39, 0.29) is 5.91 Å². The lowest BCUT2D eigenvalue weighted by Gasteiger charge is -2.23. The summed E-state index contributed by atoms with van der Waals surface area (Å²) in [6, 6.07) is 8.50. The Bertz CT molecular complexity index is 379. The zero-order valence-electron chi connectivity index (χ0n) is 10.7. The van der Waals surface area contributed by atoms with E-state index in [1.165, 1.54) is 5.56 Å². The van der Waals surface area contributed by atoms with E-state index in [1.807, 2.05) is 19.1 Å². The van der Waals surface area contributed by atoms with Crippen LogP contribution in [0.3, 0.4) is 0 Å². The Balaban J connectivity index is 1.77. The number of nitrogens with one attached hydrogen (secondary N) is 2. The molecule has 0 radical (unpaired) electrons. The Kier molecular flexibility index (Phi) is 4.59. The highest BCUT2D eigenvalue weighted by atomic mass is 16.5. The first-order valence-corrected chi connectivity index (χ1v) is 6.49. The number of ether oxygens (including phenoxy) is 1. The van der Waals surface area contributed by atoms with Crippen LogP contribution in [-0.2, 0) is 11.3 Å². The first kappa shape index (κ1) is 12.9. The maximum absolute atomic E-state index is 11.0. The second kappa shape index (κ2) is 6.40. The van der Waals surface area contributed by atoms with Crippen LogP contribution in [0.15, 0.2) is 24.3 Å². The van der Waals surface area contributed by atoms with Gasteiger partial charge in [0.05, 0.1) is 6.61 Å².